The van der Waals surface area contributed by atoms with Gasteiger partial charge in [-0.1, -0.05) is 17.3 Å². The Kier molecular flexibility index (Phi) is 3.75. The van der Waals surface area contributed by atoms with Crippen molar-refractivity contribution in [2.24, 2.45) is 5.73 Å². The molecule has 106 valence electrons. The number of hydrogen-bond acceptors (Lipinski definition) is 5. The number of rotatable bonds is 4. The molecule has 0 spiro atoms. The molecule has 21 heavy (non-hydrogen) atoms. The molecule has 0 radical (unpaired) electrons. The molecule has 2 heterocycles. The summed E-state index contributed by atoms with van der Waals surface area (Å²) in [6.45, 7) is 2.62. The zero-order valence-corrected chi connectivity index (χ0v) is 11.8. The average molecular weight is 280 g/mol. The molecule has 5 heteroatoms. The maximum Gasteiger partial charge on any atom is 0.258 e. The van der Waals surface area contributed by atoms with E-state index in [-0.39, 0.29) is 0 Å². The predicted molar refractivity (Wildman–Crippen MR) is 80.5 cm³/mol. The van der Waals surface area contributed by atoms with E-state index in [1.165, 1.54) is 0 Å². The molecule has 1 aromatic carbocycles. The number of aromatic nitrogens is 3. The monoisotopic (exact) mass is 280 g/mol. The molecular weight excluding hydrogens is 264 g/mol. The highest BCUT2D eigenvalue weighted by Crippen LogP contribution is 2.22. The molecule has 0 unspecified atom stereocenters. The van der Waals surface area contributed by atoms with Gasteiger partial charge >= 0.3 is 0 Å². The van der Waals surface area contributed by atoms with Gasteiger partial charge in [-0.25, -0.2) is 0 Å². The average Bonchev–Trinajstić information content (AvgIpc) is 2.98. The van der Waals surface area contributed by atoms with Crippen molar-refractivity contribution in [3.8, 4) is 23.0 Å². The van der Waals surface area contributed by atoms with Crippen LogP contribution in [0, 0.1) is 6.92 Å². The van der Waals surface area contributed by atoms with Crippen LogP contribution in [0.1, 0.15) is 11.1 Å². The minimum Gasteiger partial charge on any atom is -0.334 e. The van der Waals surface area contributed by atoms with Crippen molar-refractivity contribution in [3.05, 3.63) is 53.7 Å². The smallest absolute Gasteiger partial charge is 0.258 e. The molecule has 0 aliphatic carbocycles. The molecule has 2 aromatic heterocycles. The molecule has 0 atom stereocenters. The van der Waals surface area contributed by atoms with Crippen LogP contribution in [0.25, 0.3) is 23.0 Å². The minimum absolute atomic E-state index is 0.493. The first-order valence-electron chi connectivity index (χ1n) is 6.82. The Morgan fingerprint density at radius 1 is 1.19 bits per heavy atom. The highest BCUT2D eigenvalue weighted by atomic mass is 16.5. The van der Waals surface area contributed by atoms with Crippen LogP contribution in [0.3, 0.4) is 0 Å². The lowest BCUT2D eigenvalue weighted by atomic mass is 10.1. The van der Waals surface area contributed by atoms with Crippen LogP contribution in [0.4, 0.5) is 0 Å². The summed E-state index contributed by atoms with van der Waals surface area (Å²) >= 11 is 0. The fourth-order valence-corrected chi connectivity index (χ4v) is 2.13. The molecule has 0 aliphatic rings. The molecule has 2 N–H and O–H groups in total. The van der Waals surface area contributed by atoms with Gasteiger partial charge in [-0.15, -0.1) is 0 Å². The van der Waals surface area contributed by atoms with Crippen LogP contribution in [0.2, 0.25) is 0 Å². The van der Waals surface area contributed by atoms with Crippen molar-refractivity contribution in [3.63, 3.8) is 0 Å². The van der Waals surface area contributed by atoms with Crippen LogP contribution in [-0.2, 0) is 6.42 Å². The highest BCUT2D eigenvalue weighted by molar-refractivity contribution is 5.58. The summed E-state index contributed by atoms with van der Waals surface area (Å²) in [5.41, 5.74) is 9.45. The Morgan fingerprint density at radius 2 is 2.10 bits per heavy atom. The second-order valence-electron chi connectivity index (χ2n) is 4.88. The minimum atomic E-state index is 0.493. The third kappa shape index (κ3) is 2.98. The van der Waals surface area contributed by atoms with E-state index in [2.05, 4.69) is 15.1 Å². The maximum absolute atomic E-state index is 5.58. The maximum atomic E-state index is 5.58. The Hall–Kier alpha value is -2.53. The lowest BCUT2D eigenvalue weighted by Gasteiger charge is -2.00. The first-order chi connectivity index (χ1) is 10.3. The van der Waals surface area contributed by atoms with Gasteiger partial charge in [-0.3, -0.25) is 4.98 Å². The molecule has 3 rings (SSSR count). The molecule has 5 nitrogen and oxygen atoms in total. The molecule has 3 aromatic rings. The third-order valence-electron chi connectivity index (χ3n) is 3.18. The summed E-state index contributed by atoms with van der Waals surface area (Å²) in [6.07, 6.45) is 2.57. The molecule has 0 amide bonds. The second-order valence-corrected chi connectivity index (χ2v) is 4.88. The van der Waals surface area contributed by atoms with Crippen molar-refractivity contribution < 1.29 is 4.52 Å². The van der Waals surface area contributed by atoms with Crippen molar-refractivity contribution >= 4 is 0 Å². The van der Waals surface area contributed by atoms with Crippen molar-refractivity contribution in [2.45, 2.75) is 13.3 Å². The van der Waals surface area contributed by atoms with Gasteiger partial charge in [0.15, 0.2) is 0 Å². The van der Waals surface area contributed by atoms with E-state index in [0.29, 0.717) is 24.0 Å². The van der Waals surface area contributed by atoms with Gasteiger partial charge in [0.25, 0.3) is 5.89 Å². The van der Waals surface area contributed by atoms with Crippen molar-refractivity contribution in [2.75, 3.05) is 6.54 Å². The molecule has 0 bridgehead atoms. The number of hydrogen-bond donors (Lipinski definition) is 1. The summed E-state index contributed by atoms with van der Waals surface area (Å²) < 4.78 is 5.35. The van der Waals surface area contributed by atoms with E-state index in [9.17, 15) is 0 Å². The summed E-state index contributed by atoms with van der Waals surface area (Å²) in [7, 11) is 0. The van der Waals surface area contributed by atoms with Gasteiger partial charge in [-0.05, 0) is 55.3 Å². The number of pyridine rings is 1. The van der Waals surface area contributed by atoms with Crippen molar-refractivity contribution in [1.82, 2.24) is 15.1 Å². The first-order valence-corrected chi connectivity index (χ1v) is 6.82. The zero-order valence-electron chi connectivity index (χ0n) is 11.8. The van der Waals surface area contributed by atoms with E-state index in [1.807, 2.05) is 43.3 Å². The fourth-order valence-electron chi connectivity index (χ4n) is 2.13. The van der Waals surface area contributed by atoms with Crippen LogP contribution in [0.15, 0.2) is 47.1 Å². The number of nitrogens with zero attached hydrogens (tertiary/aromatic N) is 3. The van der Waals surface area contributed by atoms with Crippen molar-refractivity contribution in [1.29, 1.82) is 0 Å². The van der Waals surface area contributed by atoms with Gasteiger partial charge in [0.2, 0.25) is 5.82 Å². The third-order valence-corrected chi connectivity index (χ3v) is 3.18. The molecule has 0 saturated carbocycles. The van der Waals surface area contributed by atoms with Gasteiger partial charge in [0.05, 0.1) is 0 Å². The Labute approximate surface area is 122 Å². The van der Waals surface area contributed by atoms with Gasteiger partial charge in [0, 0.05) is 11.8 Å². The van der Waals surface area contributed by atoms with E-state index in [4.69, 9.17) is 10.3 Å². The predicted octanol–water partition coefficient (Wildman–Crippen LogP) is 2.61. The summed E-state index contributed by atoms with van der Waals surface area (Å²) in [4.78, 5) is 8.68. The van der Waals surface area contributed by atoms with E-state index < -0.39 is 0 Å². The van der Waals surface area contributed by atoms with Gasteiger partial charge in [0.1, 0.15) is 5.69 Å². The Balaban J connectivity index is 1.93. The Bertz CT molecular complexity index is 751. The number of benzene rings is 1. The van der Waals surface area contributed by atoms with E-state index >= 15 is 0 Å². The molecule has 0 saturated heterocycles. The first kappa shape index (κ1) is 13.5. The highest BCUT2D eigenvalue weighted by Gasteiger charge is 2.11. The largest absolute Gasteiger partial charge is 0.334 e. The van der Waals surface area contributed by atoms with Gasteiger partial charge < -0.3 is 10.3 Å². The summed E-state index contributed by atoms with van der Waals surface area (Å²) in [5.74, 6) is 0.991. The normalized spacial score (nSPS) is 10.8. The molecule has 0 fully saturated rings. The second kappa shape index (κ2) is 5.85. The van der Waals surface area contributed by atoms with Gasteiger partial charge in [-0.2, -0.15) is 4.98 Å². The summed E-state index contributed by atoms with van der Waals surface area (Å²) in [6, 6.07) is 11.8. The zero-order chi connectivity index (χ0) is 14.7. The lowest BCUT2D eigenvalue weighted by molar-refractivity contribution is 0.432. The summed E-state index contributed by atoms with van der Waals surface area (Å²) in [5, 5.41) is 4.01. The van der Waals surface area contributed by atoms with Crippen LogP contribution in [0.5, 0.6) is 0 Å². The number of nitrogens with two attached hydrogens (primary N) is 1. The van der Waals surface area contributed by atoms with Crippen LogP contribution < -0.4 is 5.73 Å². The lowest BCUT2D eigenvalue weighted by Crippen LogP contribution is -2.02. The number of aryl methyl sites for hydroxylation is 1. The van der Waals surface area contributed by atoms with Crippen LogP contribution in [-0.4, -0.2) is 21.7 Å². The topological polar surface area (TPSA) is 77.8 Å². The van der Waals surface area contributed by atoms with E-state index in [0.717, 1.165) is 23.1 Å². The van der Waals surface area contributed by atoms with E-state index in [1.54, 1.807) is 6.20 Å². The standard InChI is InChI=1S/C16H16N4O/c1-11-6-8-18-14(9-11)15-19-16(21-20-15)13-4-2-3-12(10-13)5-7-17/h2-4,6,8-10H,5,7,17H2,1H3. The quantitative estimate of drug-likeness (QED) is 0.794. The SMILES string of the molecule is Cc1ccnc(-c2noc(-c3cccc(CCN)c3)n2)c1. The molecule has 0 aliphatic heterocycles. The molecular formula is C16H16N4O. The van der Waals surface area contributed by atoms with Crippen LogP contribution >= 0.6 is 0 Å². The fraction of sp³-hybridized carbons (Fsp3) is 0.188. The Morgan fingerprint density at radius 3 is 2.90 bits per heavy atom.